The van der Waals surface area contributed by atoms with Crippen LogP contribution in [0.2, 0.25) is 0 Å². The SMILES string of the molecule is CCCCCCCC(=O)N1CCc2c([nH]c3ccc(OCC(=O)O)cc23)C1. The minimum Gasteiger partial charge on any atom is -0.482 e. The number of ether oxygens (including phenoxy) is 1. The van der Waals surface area contributed by atoms with Crippen molar-refractivity contribution in [2.75, 3.05) is 13.2 Å². The van der Waals surface area contributed by atoms with Crippen LogP contribution in [0.3, 0.4) is 0 Å². The number of hydrogen-bond donors (Lipinski definition) is 2. The van der Waals surface area contributed by atoms with E-state index < -0.39 is 5.97 Å². The molecule has 0 spiro atoms. The third-order valence-electron chi connectivity index (χ3n) is 5.16. The summed E-state index contributed by atoms with van der Waals surface area (Å²) in [5, 5.41) is 9.81. The van der Waals surface area contributed by atoms with Gasteiger partial charge in [0.1, 0.15) is 5.75 Å². The Morgan fingerprint density at radius 3 is 2.81 bits per heavy atom. The number of nitrogens with zero attached hydrogens (tertiary/aromatic N) is 1. The number of H-pyrrole nitrogens is 1. The van der Waals surface area contributed by atoms with Gasteiger partial charge < -0.3 is 19.7 Å². The molecule has 1 aliphatic rings. The van der Waals surface area contributed by atoms with Crippen molar-refractivity contribution >= 4 is 22.8 Å². The summed E-state index contributed by atoms with van der Waals surface area (Å²) in [4.78, 5) is 28.5. The Morgan fingerprint density at radius 1 is 1.22 bits per heavy atom. The van der Waals surface area contributed by atoms with Gasteiger partial charge in [0.2, 0.25) is 5.91 Å². The maximum absolute atomic E-state index is 12.5. The third kappa shape index (κ3) is 4.81. The predicted octanol–water partition coefficient (Wildman–Crippen LogP) is 3.88. The molecule has 2 heterocycles. The average molecular weight is 372 g/mol. The first-order valence-electron chi connectivity index (χ1n) is 9.84. The highest BCUT2D eigenvalue weighted by Gasteiger charge is 2.23. The summed E-state index contributed by atoms with van der Waals surface area (Å²) < 4.78 is 5.29. The van der Waals surface area contributed by atoms with E-state index in [1.165, 1.54) is 24.8 Å². The molecule has 0 aliphatic carbocycles. The number of unbranched alkanes of at least 4 members (excludes halogenated alkanes) is 4. The number of rotatable bonds is 9. The van der Waals surface area contributed by atoms with E-state index in [1.54, 1.807) is 6.07 Å². The van der Waals surface area contributed by atoms with Crippen LogP contribution in [-0.2, 0) is 22.6 Å². The van der Waals surface area contributed by atoms with Crippen LogP contribution < -0.4 is 4.74 Å². The zero-order chi connectivity index (χ0) is 19.2. The molecular weight excluding hydrogens is 344 g/mol. The molecule has 0 radical (unpaired) electrons. The Bertz CT molecular complexity index is 812. The molecule has 6 heteroatoms. The lowest BCUT2D eigenvalue weighted by Crippen LogP contribution is -2.35. The normalized spacial score (nSPS) is 13.6. The van der Waals surface area contributed by atoms with Gasteiger partial charge in [-0.2, -0.15) is 0 Å². The van der Waals surface area contributed by atoms with E-state index in [4.69, 9.17) is 9.84 Å². The lowest BCUT2D eigenvalue weighted by atomic mass is 10.0. The zero-order valence-corrected chi connectivity index (χ0v) is 15.9. The minimum absolute atomic E-state index is 0.237. The summed E-state index contributed by atoms with van der Waals surface area (Å²) >= 11 is 0. The van der Waals surface area contributed by atoms with Crippen LogP contribution in [0.5, 0.6) is 5.75 Å². The maximum atomic E-state index is 12.5. The molecule has 2 aromatic rings. The van der Waals surface area contributed by atoms with Gasteiger partial charge in [0.15, 0.2) is 6.61 Å². The zero-order valence-electron chi connectivity index (χ0n) is 15.9. The molecule has 6 nitrogen and oxygen atoms in total. The molecule has 0 saturated carbocycles. The molecule has 146 valence electrons. The molecule has 1 amide bonds. The first-order valence-corrected chi connectivity index (χ1v) is 9.84. The Labute approximate surface area is 159 Å². The smallest absolute Gasteiger partial charge is 0.341 e. The fourth-order valence-corrected chi connectivity index (χ4v) is 3.71. The van der Waals surface area contributed by atoms with Gasteiger partial charge in [-0.05, 0) is 36.6 Å². The number of aromatic amines is 1. The van der Waals surface area contributed by atoms with Crippen molar-refractivity contribution in [3.63, 3.8) is 0 Å². The van der Waals surface area contributed by atoms with E-state index in [9.17, 15) is 9.59 Å². The van der Waals surface area contributed by atoms with E-state index in [-0.39, 0.29) is 12.5 Å². The highest BCUT2D eigenvalue weighted by Crippen LogP contribution is 2.30. The Hall–Kier alpha value is -2.50. The van der Waals surface area contributed by atoms with Crippen molar-refractivity contribution in [1.29, 1.82) is 0 Å². The molecule has 0 atom stereocenters. The number of hydrogen-bond acceptors (Lipinski definition) is 3. The molecule has 1 aromatic carbocycles. The van der Waals surface area contributed by atoms with Crippen molar-refractivity contribution < 1.29 is 19.4 Å². The van der Waals surface area contributed by atoms with E-state index in [2.05, 4.69) is 11.9 Å². The number of carbonyl (C=O) groups excluding carboxylic acids is 1. The van der Waals surface area contributed by atoms with Gasteiger partial charge in [-0.25, -0.2) is 4.79 Å². The van der Waals surface area contributed by atoms with Gasteiger partial charge in [-0.15, -0.1) is 0 Å². The number of carboxylic acid groups (broad SMARTS) is 1. The summed E-state index contributed by atoms with van der Waals surface area (Å²) in [5.74, 6) is -0.200. The van der Waals surface area contributed by atoms with Gasteiger partial charge in [0, 0.05) is 29.6 Å². The van der Waals surface area contributed by atoms with Gasteiger partial charge in [-0.3, -0.25) is 4.79 Å². The van der Waals surface area contributed by atoms with Crippen molar-refractivity contribution in [3.05, 3.63) is 29.5 Å². The summed E-state index contributed by atoms with van der Waals surface area (Å²) in [6, 6.07) is 5.57. The Morgan fingerprint density at radius 2 is 2.04 bits per heavy atom. The lowest BCUT2D eigenvalue weighted by Gasteiger charge is -2.27. The highest BCUT2D eigenvalue weighted by atomic mass is 16.5. The molecule has 1 aliphatic heterocycles. The van der Waals surface area contributed by atoms with Crippen molar-refractivity contribution in [1.82, 2.24) is 9.88 Å². The van der Waals surface area contributed by atoms with E-state index in [0.717, 1.165) is 42.4 Å². The maximum Gasteiger partial charge on any atom is 0.341 e. The number of aliphatic carboxylic acids is 1. The lowest BCUT2D eigenvalue weighted by molar-refractivity contribution is -0.139. The molecule has 0 fully saturated rings. The largest absolute Gasteiger partial charge is 0.482 e. The van der Waals surface area contributed by atoms with Crippen LogP contribution in [0.25, 0.3) is 10.9 Å². The van der Waals surface area contributed by atoms with E-state index in [0.29, 0.717) is 18.7 Å². The molecule has 3 rings (SSSR count). The average Bonchev–Trinajstić information content (AvgIpc) is 3.03. The molecule has 0 bridgehead atoms. The molecule has 0 saturated heterocycles. The molecule has 2 N–H and O–H groups in total. The fourth-order valence-electron chi connectivity index (χ4n) is 3.71. The van der Waals surface area contributed by atoms with E-state index in [1.807, 2.05) is 17.0 Å². The number of fused-ring (bicyclic) bond motifs is 3. The second kappa shape index (κ2) is 8.93. The van der Waals surface area contributed by atoms with Crippen LogP contribution in [-0.4, -0.2) is 40.0 Å². The van der Waals surface area contributed by atoms with E-state index >= 15 is 0 Å². The molecule has 1 aromatic heterocycles. The first kappa shape index (κ1) is 19.3. The quantitative estimate of drug-likeness (QED) is 0.655. The van der Waals surface area contributed by atoms with Crippen LogP contribution in [0.15, 0.2) is 18.2 Å². The molecule has 27 heavy (non-hydrogen) atoms. The second-order valence-electron chi connectivity index (χ2n) is 7.20. The van der Waals surface area contributed by atoms with Crippen molar-refractivity contribution in [3.8, 4) is 5.75 Å². The van der Waals surface area contributed by atoms with Gasteiger partial charge in [0.25, 0.3) is 0 Å². The second-order valence-corrected chi connectivity index (χ2v) is 7.20. The standard InChI is InChI=1S/C21H28N2O4/c1-2-3-4-5-6-7-20(24)23-11-10-16-17-12-15(27-14-21(25)26)8-9-18(17)22-19(16)13-23/h8-9,12,22H,2-7,10-11,13-14H2,1H3,(H,25,26). The molecule has 0 unspecified atom stereocenters. The van der Waals surface area contributed by atoms with Gasteiger partial charge >= 0.3 is 5.97 Å². The van der Waals surface area contributed by atoms with Crippen LogP contribution in [0.4, 0.5) is 0 Å². The monoisotopic (exact) mass is 372 g/mol. The summed E-state index contributed by atoms with van der Waals surface area (Å²) in [7, 11) is 0. The van der Waals surface area contributed by atoms with Crippen LogP contribution in [0.1, 0.15) is 56.7 Å². The number of benzene rings is 1. The van der Waals surface area contributed by atoms with Crippen molar-refractivity contribution in [2.24, 2.45) is 0 Å². The summed E-state index contributed by atoms with van der Waals surface area (Å²) in [6.07, 6.45) is 7.21. The summed E-state index contributed by atoms with van der Waals surface area (Å²) in [6.45, 7) is 3.19. The Balaban J connectivity index is 1.63. The van der Waals surface area contributed by atoms with Crippen molar-refractivity contribution in [2.45, 2.75) is 58.4 Å². The molecular formula is C21H28N2O4. The van der Waals surface area contributed by atoms with Crippen LogP contribution in [0, 0.1) is 0 Å². The summed E-state index contributed by atoms with van der Waals surface area (Å²) in [5.41, 5.74) is 3.28. The number of carboxylic acids is 1. The number of aromatic nitrogens is 1. The minimum atomic E-state index is -0.991. The van der Waals surface area contributed by atoms with Gasteiger partial charge in [0.05, 0.1) is 6.54 Å². The van der Waals surface area contributed by atoms with Gasteiger partial charge in [-0.1, -0.05) is 32.6 Å². The topological polar surface area (TPSA) is 82.6 Å². The van der Waals surface area contributed by atoms with Crippen LogP contribution >= 0.6 is 0 Å². The number of nitrogens with one attached hydrogen (secondary N) is 1. The highest BCUT2D eigenvalue weighted by molar-refractivity contribution is 5.87. The fraction of sp³-hybridized carbons (Fsp3) is 0.524. The predicted molar refractivity (Wildman–Crippen MR) is 104 cm³/mol. The first-order chi connectivity index (χ1) is 13.1. The Kier molecular flexibility index (Phi) is 6.37. The third-order valence-corrected chi connectivity index (χ3v) is 5.16. The number of carbonyl (C=O) groups is 2. The number of amides is 1.